The Balaban J connectivity index is 1.46. The number of hydrogen-bond acceptors (Lipinski definition) is 3. The van der Waals surface area contributed by atoms with Gasteiger partial charge in [-0.3, -0.25) is 14.6 Å². The highest BCUT2D eigenvalue weighted by molar-refractivity contribution is 6.06. The molecule has 1 amide bonds. The molecule has 1 saturated heterocycles. The van der Waals surface area contributed by atoms with E-state index in [2.05, 4.69) is 4.98 Å². The Morgan fingerprint density at radius 3 is 2.41 bits per heavy atom. The lowest BCUT2D eigenvalue weighted by Crippen LogP contribution is -2.40. The number of aromatic nitrogens is 1. The number of carbonyl (C=O) groups is 2. The average molecular weight is 362 g/mol. The van der Waals surface area contributed by atoms with Crippen LogP contribution in [-0.2, 0) is 0 Å². The van der Waals surface area contributed by atoms with Gasteiger partial charge in [-0.15, -0.1) is 0 Å². The third kappa shape index (κ3) is 3.45. The molecule has 0 saturated carbocycles. The zero-order valence-corrected chi connectivity index (χ0v) is 14.8. The standard InChI is InChI=1S/C22H19FN2O2/c23-17-7-5-15(6-8-17)21(26)16-10-13-25(14-11-16)22(27)19-9-12-24-20-4-2-1-3-18(19)20/h1-9,12,16H,10-11,13-14H2. The molecular formula is C22H19FN2O2. The molecule has 3 aromatic rings. The molecule has 0 radical (unpaired) electrons. The quantitative estimate of drug-likeness (QED) is 0.659. The molecule has 0 spiro atoms. The molecule has 136 valence electrons. The van der Waals surface area contributed by atoms with Gasteiger partial charge in [0.1, 0.15) is 5.82 Å². The van der Waals surface area contributed by atoms with E-state index in [9.17, 15) is 14.0 Å². The Bertz CT molecular complexity index is 987. The second-order valence-corrected chi connectivity index (χ2v) is 6.81. The first kappa shape index (κ1) is 17.3. The number of likely N-dealkylation sites (tertiary alicyclic amines) is 1. The van der Waals surface area contributed by atoms with Crippen molar-refractivity contribution < 1.29 is 14.0 Å². The van der Waals surface area contributed by atoms with Crippen LogP contribution in [0.1, 0.15) is 33.6 Å². The minimum absolute atomic E-state index is 0.0245. The number of para-hydroxylation sites is 1. The first-order valence-corrected chi connectivity index (χ1v) is 9.06. The van der Waals surface area contributed by atoms with Crippen LogP contribution in [0.2, 0.25) is 0 Å². The van der Waals surface area contributed by atoms with E-state index in [1.165, 1.54) is 24.3 Å². The van der Waals surface area contributed by atoms with E-state index >= 15 is 0 Å². The Labute approximate surface area is 156 Å². The first-order chi connectivity index (χ1) is 13.1. The molecule has 27 heavy (non-hydrogen) atoms. The third-order valence-electron chi connectivity index (χ3n) is 5.16. The lowest BCUT2D eigenvalue weighted by Gasteiger charge is -2.31. The fourth-order valence-electron chi connectivity index (χ4n) is 3.65. The molecule has 0 bridgehead atoms. The minimum Gasteiger partial charge on any atom is -0.339 e. The van der Waals surface area contributed by atoms with Gasteiger partial charge in [-0.1, -0.05) is 18.2 Å². The minimum atomic E-state index is -0.350. The molecule has 2 aromatic carbocycles. The van der Waals surface area contributed by atoms with Gasteiger partial charge in [0.25, 0.3) is 5.91 Å². The van der Waals surface area contributed by atoms with Gasteiger partial charge in [-0.05, 0) is 49.2 Å². The maximum absolute atomic E-state index is 13.0. The van der Waals surface area contributed by atoms with Crippen LogP contribution >= 0.6 is 0 Å². The lowest BCUT2D eigenvalue weighted by atomic mass is 9.88. The van der Waals surface area contributed by atoms with Crippen LogP contribution in [0.4, 0.5) is 4.39 Å². The summed E-state index contributed by atoms with van der Waals surface area (Å²) in [6, 6.07) is 15.0. The van der Waals surface area contributed by atoms with E-state index in [0.29, 0.717) is 37.1 Å². The maximum Gasteiger partial charge on any atom is 0.254 e. The number of Topliss-reactive ketones (excluding diaryl/α,β-unsaturated/α-hetero) is 1. The zero-order chi connectivity index (χ0) is 18.8. The largest absolute Gasteiger partial charge is 0.339 e. The molecular weight excluding hydrogens is 343 g/mol. The molecule has 5 heteroatoms. The summed E-state index contributed by atoms with van der Waals surface area (Å²) in [7, 11) is 0. The fourth-order valence-corrected chi connectivity index (χ4v) is 3.65. The van der Waals surface area contributed by atoms with Crippen molar-refractivity contribution in [2.24, 2.45) is 5.92 Å². The number of nitrogens with zero attached hydrogens (tertiary/aromatic N) is 2. The zero-order valence-electron chi connectivity index (χ0n) is 14.8. The average Bonchev–Trinajstić information content (AvgIpc) is 2.73. The van der Waals surface area contributed by atoms with Crippen molar-refractivity contribution in [3.8, 4) is 0 Å². The first-order valence-electron chi connectivity index (χ1n) is 9.06. The molecule has 1 fully saturated rings. The number of fused-ring (bicyclic) bond motifs is 1. The molecule has 2 heterocycles. The second kappa shape index (κ2) is 7.27. The van der Waals surface area contributed by atoms with Gasteiger partial charge >= 0.3 is 0 Å². The van der Waals surface area contributed by atoms with Gasteiger partial charge in [0, 0.05) is 36.2 Å². The van der Waals surface area contributed by atoms with Crippen LogP contribution in [0.15, 0.2) is 60.8 Å². The topological polar surface area (TPSA) is 50.3 Å². The Morgan fingerprint density at radius 2 is 1.67 bits per heavy atom. The predicted octanol–water partition coefficient (Wildman–Crippen LogP) is 4.11. The van der Waals surface area contributed by atoms with Crippen molar-refractivity contribution in [1.82, 2.24) is 9.88 Å². The summed E-state index contributed by atoms with van der Waals surface area (Å²) in [6.45, 7) is 1.07. The van der Waals surface area contributed by atoms with E-state index in [0.717, 1.165) is 10.9 Å². The number of carbonyl (C=O) groups excluding carboxylic acids is 2. The fraction of sp³-hybridized carbons (Fsp3) is 0.227. The Hall–Kier alpha value is -3.08. The Kier molecular flexibility index (Phi) is 4.67. The van der Waals surface area contributed by atoms with E-state index in [4.69, 9.17) is 0 Å². The van der Waals surface area contributed by atoms with Gasteiger partial charge in [-0.25, -0.2) is 4.39 Å². The number of amides is 1. The summed E-state index contributed by atoms with van der Waals surface area (Å²) >= 11 is 0. The lowest BCUT2D eigenvalue weighted by molar-refractivity contribution is 0.0652. The number of rotatable bonds is 3. The summed E-state index contributed by atoms with van der Waals surface area (Å²) in [4.78, 5) is 31.7. The van der Waals surface area contributed by atoms with Crippen molar-refractivity contribution in [2.75, 3.05) is 13.1 Å². The van der Waals surface area contributed by atoms with Crippen LogP contribution in [0, 0.1) is 11.7 Å². The third-order valence-corrected chi connectivity index (χ3v) is 5.16. The summed E-state index contributed by atoms with van der Waals surface area (Å²) in [5, 5.41) is 0.842. The van der Waals surface area contributed by atoms with Gasteiger partial charge in [0.15, 0.2) is 5.78 Å². The molecule has 0 atom stereocenters. The summed E-state index contributed by atoms with van der Waals surface area (Å²) in [5.41, 5.74) is 1.97. The van der Waals surface area contributed by atoms with Crippen LogP contribution in [-0.4, -0.2) is 34.7 Å². The molecule has 4 nitrogen and oxygen atoms in total. The van der Waals surface area contributed by atoms with Crippen LogP contribution in [0.25, 0.3) is 10.9 Å². The molecule has 1 aliphatic rings. The molecule has 1 aliphatic heterocycles. The smallest absolute Gasteiger partial charge is 0.254 e. The molecule has 1 aromatic heterocycles. The van der Waals surface area contributed by atoms with Crippen molar-refractivity contribution >= 4 is 22.6 Å². The molecule has 0 unspecified atom stereocenters. The van der Waals surface area contributed by atoms with Crippen molar-refractivity contribution in [3.05, 3.63) is 77.7 Å². The van der Waals surface area contributed by atoms with E-state index < -0.39 is 0 Å². The number of piperidine rings is 1. The molecule has 0 N–H and O–H groups in total. The summed E-state index contributed by atoms with van der Waals surface area (Å²) < 4.78 is 13.0. The summed E-state index contributed by atoms with van der Waals surface area (Å²) in [5.74, 6) is -0.483. The summed E-state index contributed by atoms with van der Waals surface area (Å²) in [6.07, 6.45) is 2.89. The number of pyridine rings is 1. The second-order valence-electron chi connectivity index (χ2n) is 6.81. The van der Waals surface area contributed by atoms with Crippen molar-refractivity contribution in [1.29, 1.82) is 0 Å². The van der Waals surface area contributed by atoms with Crippen LogP contribution in [0.3, 0.4) is 0 Å². The van der Waals surface area contributed by atoms with Crippen LogP contribution in [0.5, 0.6) is 0 Å². The highest BCUT2D eigenvalue weighted by Gasteiger charge is 2.29. The Morgan fingerprint density at radius 1 is 0.963 bits per heavy atom. The van der Waals surface area contributed by atoms with Gasteiger partial charge in [0.2, 0.25) is 0 Å². The highest BCUT2D eigenvalue weighted by atomic mass is 19.1. The van der Waals surface area contributed by atoms with Gasteiger partial charge in [-0.2, -0.15) is 0 Å². The molecule has 0 aliphatic carbocycles. The predicted molar refractivity (Wildman–Crippen MR) is 101 cm³/mol. The monoisotopic (exact) mass is 362 g/mol. The number of benzene rings is 2. The van der Waals surface area contributed by atoms with E-state index in [1.54, 1.807) is 17.2 Å². The van der Waals surface area contributed by atoms with Crippen molar-refractivity contribution in [2.45, 2.75) is 12.8 Å². The molecule has 4 rings (SSSR count). The number of hydrogen-bond donors (Lipinski definition) is 0. The number of halogens is 1. The number of ketones is 1. The highest BCUT2D eigenvalue weighted by Crippen LogP contribution is 2.25. The van der Waals surface area contributed by atoms with Crippen molar-refractivity contribution in [3.63, 3.8) is 0 Å². The maximum atomic E-state index is 13.0. The van der Waals surface area contributed by atoms with Crippen LogP contribution < -0.4 is 0 Å². The van der Waals surface area contributed by atoms with E-state index in [-0.39, 0.29) is 23.4 Å². The van der Waals surface area contributed by atoms with E-state index in [1.807, 2.05) is 24.3 Å². The normalized spacial score (nSPS) is 15.1. The van der Waals surface area contributed by atoms with Gasteiger partial charge in [0.05, 0.1) is 11.1 Å². The van der Waals surface area contributed by atoms with Gasteiger partial charge < -0.3 is 4.90 Å². The SMILES string of the molecule is O=C(c1ccc(F)cc1)C1CCN(C(=O)c2ccnc3ccccc23)CC1.